The minimum atomic E-state index is 1.13. The lowest BCUT2D eigenvalue weighted by Gasteiger charge is -2.26. The predicted octanol–water partition coefficient (Wildman–Crippen LogP) is 13.1. The highest BCUT2D eigenvalue weighted by molar-refractivity contribution is 7.27. The van der Waals surface area contributed by atoms with Crippen LogP contribution in [0.2, 0.25) is 0 Å². The number of nitrogens with zero attached hydrogens (tertiary/aromatic N) is 1. The van der Waals surface area contributed by atoms with E-state index in [2.05, 4.69) is 163 Å². The number of H-pyrrole nitrogens is 1. The molecule has 2 nitrogen and oxygen atoms in total. The van der Waals surface area contributed by atoms with E-state index in [4.69, 9.17) is 0 Å². The zero-order valence-corrected chi connectivity index (χ0v) is 26.2. The number of fused-ring (bicyclic) bond motifs is 11. The lowest BCUT2D eigenvalue weighted by atomic mass is 9.97. The first-order chi connectivity index (χ1) is 22.7. The quantitative estimate of drug-likeness (QED) is 0.206. The first kappa shape index (κ1) is 26.7. The summed E-state index contributed by atoms with van der Waals surface area (Å²) in [6.45, 7) is 6.31. The summed E-state index contributed by atoms with van der Waals surface area (Å²) >= 11 is 1.89. The van der Waals surface area contributed by atoms with E-state index < -0.39 is 0 Å². The summed E-state index contributed by atoms with van der Waals surface area (Å²) in [5, 5.41) is 10.1. The van der Waals surface area contributed by atoms with E-state index in [0.29, 0.717) is 0 Å². The molecule has 3 heteroatoms. The zero-order valence-electron chi connectivity index (χ0n) is 25.4. The van der Waals surface area contributed by atoms with Crippen LogP contribution in [0.5, 0.6) is 0 Å². The molecule has 7 aromatic carbocycles. The second-order valence-electron chi connectivity index (χ2n) is 11.8. The monoisotopic (exact) mass is 606 g/mol. The molecule has 0 amide bonds. The molecule has 0 aliphatic heterocycles. The van der Waals surface area contributed by atoms with E-state index >= 15 is 0 Å². The van der Waals surface area contributed by atoms with Crippen molar-refractivity contribution in [2.24, 2.45) is 0 Å². The summed E-state index contributed by atoms with van der Waals surface area (Å²) in [5.74, 6) is 0. The van der Waals surface area contributed by atoms with Crippen LogP contribution >= 0.6 is 11.3 Å². The third kappa shape index (κ3) is 3.95. The van der Waals surface area contributed by atoms with Gasteiger partial charge < -0.3 is 9.88 Å². The predicted molar refractivity (Wildman–Crippen MR) is 203 cm³/mol. The molecular weight excluding hydrogens is 577 g/mol. The molecule has 2 heterocycles. The highest BCUT2D eigenvalue weighted by atomic mass is 32.1. The van der Waals surface area contributed by atoms with Crippen molar-refractivity contribution in [3.05, 3.63) is 151 Å². The maximum atomic E-state index is 4.24. The van der Waals surface area contributed by atoms with Crippen molar-refractivity contribution in [1.82, 2.24) is 4.98 Å². The Morgan fingerprint density at radius 2 is 1.35 bits per heavy atom. The Morgan fingerprint density at radius 1 is 0.609 bits per heavy atom. The molecule has 0 bridgehead atoms. The van der Waals surface area contributed by atoms with Gasteiger partial charge in [0.15, 0.2) is 0 Å². The highest BCUT2D eigenvalue weighted by Crippen LogP contribution is 2.49. The van der Waals surface area contributed by atoms with Crippen LogP contribution in [-0.2, 0) is 0 Å². The fourth-order valence-electron chi connectivity index (χ4n) is 7.19. The molecule has 9 rings (SSSR count). The lowest BCUT2D eigenvalue weighted by molar-refractivity contribution is 1.29. The van der Waals surface area contributed by atoms with Crippen molar-refractivity contribution in [3.8, 4) is 0 Å². The Labute approximate surface area is 271 Å². The fraction of sp³-hybridized carbons (Fsp3) is 0.0233. The molecule has 46 heavy (non-hydrogen) atoms. The molecule has 1 N–H and O–H groups in total. The van der Waals surface area contributed by atoms with Crippen molar-refractivity contribution in [3.63, 3.8) is 0 Å². The number of thiophene rings is 1. The Balaban J connectivity index is 1.41. The largest absolute Gasteiger partial charge is 0.354 e. The van der Waals surface area contributed by atoms with Gasteiger partial charge >= 0.3 is 0 Å². The van der Waals surface area contributed by atoms with Gasteiger partial charge in [0.05, 0.1) is 5.52 Å². The first-order valence-corrected chi connectivity index (χ1v) is 16.5. The van der Waals surface area contributed by atoms with Crippen LogP contribution < -0.4 is 4.90 Å². The number of benzene rings is 7. The Kier molecular flexibility index (Phi) is 6.09. The number of para-hydroxylation sites is 2. The van der Waals surface area contributed by atoms with Gasteiger partial charge in [-0.2, -0.15) is 0 Å². The smallest absolute Gasteiger partial charge is 0.0551 e. The van der Waals surface area contributed by atoms with Gasteiger partial charge in [-0.1, -0.05) is 110 Å². The molecule has 0 atom stereocenters. The van der Waals surface area contributed by atoms with E-state index in [1.54, 1.807) is 0 Å². The summed E-state index contributed by atoms with van der Waals surface area (Å²) in [7, 11) is 0. The molecule has 0 fully saturated rings. The van der Waals surface area contributed by atoms with Gasteiger partial charge in [0, 0.05) is 64.3 Å². The summed E-state index contributed by atoms with van der Waals surface area (Å²) in [5.41, 5.74) is 8.12. The summed E-state index contributed by atoms with van der Waals surface area (Å²) in [4.78, 5) is 6.19. The normalized spacial score (nSPS) is 12.0. The third-order valence-corrected chi connectivity index (χ3v) is 10.5. The summed E-state index contributed by atoms with van der Waals surface area (Å²) in [6, 6.07) is 46.2. The SMILES string of the molecule is C=Cc1c(/C=C\C)ccc2c1sc1c3cc(N(c4ccccc4)c4ccc5ccccc5c4)ccc3c3[nH]c4ccccc4c3c21. The van der Waals surface area contributed by atoms with Crippen molar-refractivity contribution in [2.75, 3.05) is 4.90 Å². The molecule has 0 radical (unpaired) electrons. The van der Waals surface area contributed by atoms with Crippen LogP contribution in [0.3, 0.4) is 0 Å². The van der Waals surface area contributed by atoms with Crippen LogP contribution in [0, 0.1) is 0 Å². The van der Waals surface area contributed by atoms with Crippen molar-refractivity contribution in [1.29, 1.82) is 0 Å². The Morgan fingerprint density at radius 3 is 2.20 bits per heavy atom. The van der Waals surface area contributed by atoms with E-state index in [9.17, 15) is 0 Å². The second-order valence-corrected chi connectivity index (χ2v) is 12.8. The number of hydrogen-bond donors (Lipinski definition) is 1. The standard InChI is InChI=1S/C43H30N2S/c1-3-12-28-20-23-36-40-39-35-17-10-11-18-38(35)44-41(39)34-24-22-32(26-37(34)43(40)46-42(36)33(28)4-2)45(30-15-6-5-7-16-30)31-21-19-27-13-8-9-14-29(27)25-31/h3-26,44H,2H2,1H3/b12-3-. The average Bonchev–Trinajstić information content (AvgIpc) is 3.68. The number of nitrogens with one attached hydrogen (secondary N) is 1. The third-order valence-electron chi connectivity index (χ3n) is 9.22. The van der Waals surface area contributed by atoms with Crippen LogP contribution in [0.25, 0.3) is 75.7 Å². The van der Waals surface area contributed by atoms with Gasteiger partial charge in [0.1, 0.15) is 0 Å². The number of aromatic amines is 1. The van der Waals surface area contributed by atoms with Crippen LogP contribution in [0.15, 0.2) is 140 Å². The molecule has 0 aliphatic rings. The van der Waals surface area contributed by atoms with E-state index in [1.807, 2.05) is 17.4 Å². The maximum absolute atomic E-state index is 4.24. The summed E-state index contributed by atoms with van der Waals surface area (Å²) < 4.78 is 2.58. The van der Waals surface area contributed by atoms with Crippen LogP contribution in [0.4, 0.5) is 17.1 Å². The topological polar surface area (TPSA) is 19.0 Å². The fourth-order valence-corrected chi connectivity index (χ4v) is 8.58. The van der Waals surface area contributed by atoms with Gasteiger partial charge in [-0.25, -0.2) is 0 Å². The van der Waals surface area contributed by atoms with E-state index in [-0.39, 0.29) is 0 Å². The minimum absolute atomic E-state index is 1.13. The van der Waals surface area contributed by atoms with Gasteiger partial charge in [0.2, 0.25) is 0 Å². The molecule has 9 aromatic rings. The molecule has 218 valence electrons. The van der Waals surface area contributed by atoms with Crippen molar-refractivity contribution >= 4 is 104 Å². The average molecular weight is 607 g/mol. The summed E-state index contributed by atoms with van der Waals surface area (Å²) in [6.07, 6.45) is 6.30. The second kappa shape index (κ2) is 10.5. The molecule has 0 saturated carbocycles. The zero-order chi connectivity index (χ0) is 30.8. The number of aromatic nitrogens is 1. The molecular formula is C43H30N2S. The molecule has 2 aromatic heterocycles. The number of anilines is 3. The molecule has 0 saturated heterocycles. The lowest BCUT2D eigenvalue weighted by Crippen LogP contribution is -2.09. The number of hydrogen-bond acceptors (Lipinski definition) is 2. The first-order valence-electron chi connectivity index (χ1n) is 15.7. The minimum Gasteiger partial charge on any atom is -0.354 e. The number of rotatable bonds is 5. The molecule has 0 spiro atoms. The molecule has 0 unspecified atom stereocenters. The van der Waals surface area contributed by atoms with Gasteiger partial charge in [0.25, 0.3) is 0 Å². The van der Waals surface area contributed by atoms with Gasteiger partial charge in [-0.15, -0.1) is 11.3 Å². The molecule has 0 aliphatic carbocycles. The Bertz CT molecular complexity index is 2670. The number of allylic oxidation sites excluding steroid dienone is 1. The van der Waals surface area contributed by atoms with E-state index in [1.165, 1.54) is 69.1 Å². The van der Waals surface area contributed by atoms with Gasteiger partial charge in [-0.05, 0) is 71.3 Å². The van der Waals surface area contributed by atoms with Crippen LogP contribution in [0.1, 0.15) is 18.1 Å². The van der Waals surface area contributed by atoms with Crippen molar-refractivity contribution in [2.45, 2.75) is 6.92 Å². The highest BCUT2D eigenvalue weighted by Gasteiger charge is 2.21. The van der Waals surface area contributed by atoms with Gasteiger partial charge in [-0.3, -0.25) is 0 Å². The maximum Gasteiger partial charge on any atom is 0.0551 e. The van der Waals surface area contributed by atoms with Crippen LogP contribution in [-0.4, -0.2) is 4.98 Å². The van der Waals surface area contributed by atoms with E-state index in [0.717, 1.165) is 22.6 Å². The van der Waals surface area contributed by atoms with Crippen molar-refractivity contribution < 1.29 is 0 Å². The Hall–Kier alpha value is -5.64.